The fourth-order valence-electron chi connectivity index (χ4n) is 3.88. The second kappa shape index (κ2) is 6.19. The summed E-state index contributed by atoms with van der Waals surface area (Å²) in [4.78, 5) is 23.1. The summed E-state index contributed by atoms with van der Waals surface area (Å²) in [5.41, 5.74) is 5.38. The average molecular weight is 360 g/mol. The van der Waals surface area contributed by atoms with E-state index in [4.69, 9.17) is 4.98 Å². The lowest BCUT2D eigenvalue weighted by molar-refractivity contribution is 0.0705. The molecule has 1 saturated heterocycles. The lowest BCUT2D eigenvalue weighted by Gasteiger charge is -2.32. The molecule has 1 atom stereocenters. The Hall–Kier alpha value is -3.22. The van der Waals surface area contributed by atoms with Crippen LogP contribution in [0.25, 0.3) is 22.1 Å². The Morgan fingerprint density at radius 1 is 1.11 bits per heavy atom. The third-order valence-electron chi connectivity index (χ3n) is 5.31. The highest BCUT2D eigenvalue weighted by atomic mass is 16.2. The van der Waals surface area contributed by atoms with Crippen LogP contribution >= 0.6 is 0 Å². The lowest BCUT2D eigenvalue weighted by atomic mass is 9.96. The Bertz CT molecular complexity index is 1140. The van der Waals surface area contributed by atoms with Gasteiger partial charge in [0.25, 0.3) is 5.91 Å². The minimum absolute atomic E-state index is 0.0385. The summed E-state index contributed by atoms with van der Waals surface area (Å²) < 4.78 is 0. The van der Waals surface area contributed by atoms with Crippen molar-refractivity contribution in [2.45, 2.75) is 25.7 Å². The average Bonchev–Trinajstić information content (AvgIpc) is 3.33. The van der Waals surface area contributed by atoms with Crippen LogP contribution < -0.4 is 0 Å². The number of likely N-dealkylation sites (tertiary alicyclic amines) is 1. The Morgan fingerprint density at radius 2 is 1.96 bits per heavy atom. The number of benzene rings is 2. The van der Waals surface area contributed by atoms with Crippen LogP contribution in [0.1, 0.15) is 40.5 Å². The number of nitrogens with zero attached hydrogens (tertiary/aromatic N) is 4. The van der Waals surface area contributed by atoms with E-state index in [1.54, 1.807) is 6.07 Å². The number of aromatic amines is 2. The van der Waals surface area contributed by atoms with Gasteiger partial charge in [0.15, 0.2) is 0 Å². The summed E-state index contributed by atoms with van der Waals surface area (Å²) in [6.07, 6.45) is 2.00. The second-order valence-electron chi connectivity index (χ2n) is 7.26. The van der Waals surface area contributed by atoms with E-state index >= 15 is 0 Å². The summed E-state index contributed by atoms with van der Waals surface area (Å²) in [7, 11) is 0. The van der Waals surface area contributed by atoms with E-state index in [1.165, 1.54) is 5.56 Å². The summed E-state index contributed by atoms with van der Waals surface area (Å²) in [5.74, 6) is 1.24. The van der Waals surface area contributed by atoms with Crippen LogP contribution in [0.4, 0.5) is 0 Å². The van der Waals surface area contributed by atoms with Gasteiger partial charge in [0.05, 0.1) is 11.0 Å². The first-order valence-electron chi connectivity index (χ1n) is 9.23. The van der Waals surface area contributed by atoms with Crippen molar-refractivity contribution in [1.29, 1.82) is 0 Å². The zero-order valence-corrected chi connectivity index (χ0v) is 15.1. The molecule has 5 rings (SSSR count). The van der Waals surface area contributed by atoms with Crippen LogP contribution in [0.15, 0.2) is 36.4 Å². The van der Waals surface area contributed by atoms with E-state index < -0.39 is 0 Å². The molecule has 136 valence electrons. The second-order valence-corrected chi connectivity index (χ2v) is 7.26. The van der Waals surface area contributed by atoms with Crippen molar-refractivity contribution >= 4 is 28.0 Å². The monoisotopic (exact) mass is 360 g/mol. The van der Waals surface area contributed by atoms with Gasteiger partial charge in [-0.15, -0.1) is 0 Å². The number of aryl methyl sites for hydroxylation is 1. The molecule has 4 aromatic rings. The maximum absolute atomic E-state index is 13.0. The first-order chi connectivity index (χ1) is 13.2. The van der Waals surface area contributed by atoms with Crippen molar-refractivity contribution in [3.8, 4) is 0 Å². The van der Waals surface area contributed by atoms with Gasteiger partial charge in [-0.05, 0) is 55.7 Å². The van der Waals surface area contributed by atoms with E-state index in [9.17, 15) is 4.79 Å². The van der Waals surface area contributed by atoms with E-state index in [1.807, 2.05) is 23.1 Å². The molecule has 3 heterocycles. The number of hydrogen-bond acceptors (Lipinski definition) is 4. The number of piperidine rings is 1. The number of amides is 1. The van der Waals surface area contributed by atoms with Crippen LogP contribution in [-0.2, 0) is 0 Å². The summed E-state index contributed by atoms with van der Waals surface area (Å²) in [6.45, 7) is 3.52. The lowest BCUT2D eigenvalue weighted by Crippen LogP contribution is -2.39. The highest BCUT2D eigenvalue weighted by Gasteiger charge is 2.27. The van der Waals surface area contributed by atoms with Gasteiger partial charge in [-0.3, -0.25) is 4.79 Å². The highest BCUT2D eigenvalue weighted by Crippen LogP contribution is 2.28. The van der Waals surface area contributed by atoms with Gasteiger partial charge in [-0.1, -0.05) is 6.07 Å². The molecule has 1 aliphatic heterocycles. The van der Waals surface area contributed by atoms with E-state index in [0.717, 1.165) is 41.8 Å². The molecule has 27 heavy (non-hydrogen) atoms. The maximum atomic E-state index is 13.0. The topological polar surface area (TPSA) is 90.6 Å². The predicted molar refractivity (Wildman–Crippen MR) is 103 cm³/mol. The quantitative estimate of drug-likeness (QED) is 0.574. The third-order valence-corrected chi connectivity index (χ3v) is 5.31. The molecule has 1 amide bonds. The number of hydrogen-bond donors (Lipinski definition) is 2. The Labute approximate surface area is 155 Å². The van der Waals surface area contributed by atoms with Gasteiger partial charge in [-0.2, -0.15) is 15.4 Å². The van der Waals surface area contributed by atoms with Crippen molar-refractivity contribution in [3.05, 3.63) is 53.3 Å². The number of nitrogens with one attached hydrogen (secondary N) is 2. The van der Waals surface area contributed by atoms with E-state index in [0.29, 0.717) is 17.6 Å². The largest absolute Gasteiger partial charge is 0.342 e. The number of carbonyl (C=O) groups is 1. The number of imidazole rings is 1. The molecule has 0 radical (unpaired) electrons. The van der Waals surface area contributed by atoms with Crippen molar-refractivity contribution in [2.24, 2.45) is 0 Å². The minimum Gasteiger partial charge on any atom is -0.342 e. The molecule has 7 heteroatoms. The first kappa shape index (κ1) is 16.0. The third kappa shape index (κ3) is 2.85. The standard InChI is InChI=1S/C20H20N6O/c1-12-4-6-15-17(9-12)22-19(21-15)14-3-2-8-26(11-14)20(27)13-5-7-16-18(10-13)24-25-23-16/h4-7,9-10,14H,2-3,8,11H2,1H3,(H,21,22)(H,23,24,25). The fourth-order valence-corrected chi connectivity index (χ4v) is 3.88. The van der Waals surface area contributed by atoms with Gasteiger partial charge >= 0.3 is 0 Å². The Kier molecular flexibility index (Phi) is 3.67. The molecule has 7 nitrogen and oxygen atoms in total. The molecule has 0 spiro atoms. The maximum Gasteiger partial charge on any atom is 0.253 e. The summed E-state index contributed by atoms with van der Waals surface area (Å²) in [6, 6.07) is 11.7. The van der Waals surface area contributed by atoms with Crippen LogP contribution in [0, 0.1) is 6.92 Å². The summed E-state index contributed by atoms with van der Waals surface area (Å²) in [5, 5.41) is 10.7. The van der Waals surface area contributed by atoms with Crippen molar-refractivity contribution in [1.82, 2.24) is 30.3 Å². The van der Waals surface area contributed by atoms with Gasteiger partial charge in [0.2, 0.25) is 0 Å². The van der Waals surface area contributed by atoms with Gasteiger partial charge in [-0.25, -0.2) is 4.98 Å². The molecular weight excluding hydrogens is 340 g/mol. The molecule has 0 saturated carbocycles. The molecule has 1 fully saturated rings. The van der Waals surface area contributed by atoms with Gasteiger partial charge in [0.1, 0.15) is 16.9 Å². The van der Waals surface area contributed by atoms with Gasteiger partial charge in [0, 0.05) is 24.6 Å². The SMILES string of the molecule is Cc1ccc2nc(C3CCCN(C(=O)c4ccc5n[nH]nc5c4)C3)[nH]c2c1. The smallest absolute Gasteiger partial charge is 0.253 e. The molecule has 1 aliphatic rings. The number of H-pyrrole nitrogens is 2. The van der Waals surface area contributed by atoms with Crippen molar-refractivity contribution in [3.63, 3.8) is 0 Å². The molecule has 2 aromatic carbocycles. The molecule has 2 aromatic heterocycles. The molecule has 2 N–H and O–H groups in total. The van der Waals surface area contributed by atoms with E-state index in [2.05, 4.69) is 39.5 Å². The van der Waals surface area contributed by atoms with Crippen LogP contribution in [0.3, 0.4) is 0 Å². The highest BCUT2D eigenvalue weighted by molar-refractivity contribution is 5.97. The van der Waals surface area contributed by atoms with E-state index in [-0.39, 0.29) is 11.8 Å². The van der Waals surface area contributed by atoms with Crippen molar-refractivity contribution in [2.75, 3.05) is 13.1 Å². The number of fused-ring (bicyclic) bond motifs is 2. The van der Waals surface area contributed by atoms with Gasteiger partial charge < -0.3 is 9.88 Å². The Morgan fingerprint density at radius 3 is 2.89 bits per heavy atom. The molecule has 1 unspecified atom stereocenters. The molecule has 0 bridgehead atoms. The predicted octanol–water partition coefficient (Wildman–Crippen LogP) is 3.16. The van der Waals surface area contributed by atoms with Crippen LogP contribution in [-0.4, -0.2) is 49.3 Å². The molecule has 0 aliphatic carbocycles. The zero-order chi connectivity index (χ0) is 18.4. The number of carbonyl (C=O) groups excluding carboxylic acids is 1. The fraction of sp³-hybridized carbons (Fsp3) is 0.300. The number of aromatic nitrogens is 5. The normalized spacial score (nSPS) is 17.7. The van der Waals surface area contributed by atoms with Crippen molar-refractivity contribution < 1.29 is 4.79 Å². The summed E-state index contributed by atoms with van der Waals surface area (Å²) >= 11 is 0. The molecular formula is C20H20N6O. The number of rotatable bonds is 2. The van der Waals surface area contributed by atoms with Crippen LogP contribution in [0.2, 0.25) is 0 Å². The zero-order valence-electron chi connectivity index (χ0n) is 15.1. The first-order valence-corrected chi connectivity index (χ1v) is 9.23. The Balaban J connectivity index is 1.39. The minimum atomic E-state index is 0.0385. The van der Waals surface area contributed by atoms with Crippen LogP contribution in [0.5, 0.6) is 0 Å².